The van der Waals surface area contributed by atoms with Gasteiger partial charge in [0, 0.05) is 18.4 Å². The molecule has 0 aliphatic carbocycles. The van der Waals surface area contributed by atoms with Crippen molar-refractivity contribution in [3.05, 3.63) is 11.1 Å². The molecule has 0 aromatic heterocycles. The van der Waals surface area contributed by atoms with Gasteiger partial charge in [-0.05, 0) is 13.8 Å². The van der Waals surface area contributed by atoms with Crippen LogP contribution in [0.25, 0.3) is 0 Å². The molecule has 0 aromatic carbocycles. The molecule has 4 heteroatoms. The van der Waals surface area contributed by atoms with Crippen molar-refractivity contribution in [2.75, 3.05) is 12.3 Å². The predicted molar refractivity (Wildman–Crippen MR) is 51.0 cm³/mol. The van der Waals surface area contributed by atoms with Gasteiger partial charge in [0.1, 0.15) is 5.41 Å². The first kappa shape index (κ1) is 8.81. The lowest BCUT2D eigenvalue weighted by atomic mass is 9.84. The topological polar surface area (TPSA) is 37.4 Å². The minimum Gasteiger partial charge on any atom is -0.305 e. The number of fused-ring (bicyclic) bond motifs is 1. The zero-order valence-corrected chi connectivity index (χ0v) is 8.48. The van der Waals surface area contributed by atoms with Crippen molar-refractivity contribution in [2.24, 2.45) is 5.41 Å². The molecule has 2 aliphatic heterocycles. The molecule has 0 radical (unpaired) electrons. The van der Waals surface area contributed by atoms with Crippen molar-refractivity contribution in [2.45, 2.75) is 13.8 Å². The first-order chi connectivity index (χ1) is 6.03. The summed E-state index contributed by atoms with van der Waals surface area (Å²) < 4.78 is 0. The quantitative estimate of drug-likeness (QED) is 0.544. The summed E-state index contributed by atoms with van der Waals surface area (Å²) in [5, 5.41) is 0.828. The number of hydrogen-bond acceptors (Lipinski definition) is 3. The maximum Gasteiger partial charge on any atom is 0.240 e. The first-order valence-corrected chi connectivity index (χ1v) is 5.23. The number of hydrogen-bond donors (Lipinski definition) is 0. The predicted octanol–water partition coefficient (Wildman–Crippen LogP) is 1.01. The molecular weight excluding hydrogens is 186 g/mol. The van der Waals surface area contributed by atoms with Gasteiger partial charge in [0.2, 0.25) is 5.91 Å². The van der Waals surface area contributed by atoms with Crippen LogP contribution >= 0.6 is 11.8 Å². The molecule has 3 nitrogen and oxygen atoms in total. The lowest BCUT2D eigenvalue weighted by Crippen LogP contribution is -2.46. The molecule has 0 spiro atoms. The number of thioether (sulfide) groups is 1. The lowest BCUT2D eigenvalue weighted by molar-refractivity contribution is -0.144. The van der Waals surface area contributed by atoms with E-state index in [4.69, 9.17) is 0 Å². The molecule has 0 unspecified atom stereocenters. The maximum atomic E-state index is 11.8. The Labute approximate surface area is 81.2 Å². The fourth-order valence-electron chi connectivity index (χ4n) is 1.49. The molecule has 0 saturated carbocycles. The summed E-state index contributed by atoms with van der Waals surface area (Å²) in [6, 6.07) is 0. The molecule has 2 rings (SSSR count). The van der Waals surface area contributed by atoms with Crippen LogP contribution in [0.15, 0.2) is 11.1 Å². The molecular formula is C9H11NO2S. The van der Waals surface area contributed by atoms with Gasteiger partial charge < -0.3 is 4.90 Å². The summed E-state index contributed by atoms with van der Waals surface area (Å²) in [5.74, 6) is 0.777. The van der Waals surface area contributed by atoms with Crippen LogP contribution in [-0.4, -0.2) is 28.9 Å². The monoisotopic (exact) mass is 197 g/mol. The number of allylic oxidation sites excluding steroid dienone is 1. The van der Waals surface area contributed by atoms with Gasteiger partial charge in [0.05, 0.1) is 5.03 Å². The van der Waals surface area contributed by atoms with Crippen molar-refractivity contribution >= 4 is 23.5 Å². The molecule has 1 saturated heterocycles. The van der Waals surface area contributed by atoms with Crippen LogP contribution in [0.1, 0.15) is 13.8 Å². The van der Waals surface area contributed by atoms with Crippen LogP contribution < -0.4 is 0 Å². The van der Waals surface area contributed by atoms with E-state index in [1.807, 2.05) is 0 Å². The van der Waals surface area contributed by atoms with Gasteiger partial charge in [-0.2, -0.15) is 0 Å². The molecule has 0 bridgehead atoms. The number of ketones is 1. The zero-order chi connectivity index (χ0) is 9.64. The number of amides is 1. The molecule has 2 aliphatic rings. The molecule has 0 N–H and O–H groups in total. The van der Waals surface area contributed by atoms with Gasteiger partial charge in [-0.1, -0.05) is 0 Å². The van der Waals surface area contributed by atoms with Crippen molar-refractivity contribution in [1.82, 2.24) is 4.90 Å². The Hall–Kier alpha value is -0.770. The average molecular weight is 197 g/mol. The summed E-state index contributed by atoms with van der Waals surface area (Å²) in [6.45, 7) is 4.12. The normalized spacial score (nSPS) is 26.0. The van der Waals surface area contributed by atoms with Crippen molar-refractivity contribution in [3.63, 3.8) is 0 Å². The highest BCUT2D eigenvalue weighted by Gasteiger charge is 2.44. The Bertz CT molecular complexity index is 320. The molecule has 70 valence electrons. The summed E-state index contributed by atoms with van der Waals surface area (Å²) in [7, 11) is 0. The van der Waals surface area contributed by atoms with E-state index in [-0.39, 0.29) is 11.7 Å². The van der Waals surface area contributed by atoms with E-state index >= 15 is 0 Å². The SMILES string of the molecule is CC1(C)C(=O)C=C2SCCN2C1=O. The van der Waals surface area contributed by atoms with Crippen molar-refractivity contribution < 1.29 is 9.59 Å². The summed E-state index contributed by atoms with van der Waals surface area (Å²) in [5.41, 5.74) is -0.853. The van der Waals surface area contributed by atoms with Crippen LogP contribution in [0.5, 0.6) is 0 Å². The Morgan fingerprint density at radius 3 is 2.85 bits per heavy atom. The third kappa shape index (κ3) is 1.12. The number of carbonyl (C=O) groups excluding carboxylic acids is 2. The first-order valence-electron chi connectivity index (χ1n) is 4.24. The third-order valence-corrected chi connectivity index (χ3v) is 3.50. The largest absolute Gasteiger partial charge is 0.305 e. The standard InChI is InChI=1S/C9H11NO2S/c1-9(2)6(11)5-7-10(8(9)12)3-4-13-7/h5H,3-4H2,1-2H3. The van der Waals surface area contributed by atoms with Crippen LogP contribution in [-0.2, 0) is 9.59 Å². The molecule has 13 heavy (non-hydrogen) atoms. The van der Waals surface area contributed by atoms with E-state index in [9.17, 15) is 9.59 Å². The Kier molecular flexibility index (Phi) is 1.77. The Morgan fingerprint density at radius 2 is 2.15 bits per heavy atom. The van der Waals surface area contributed by atoms with Crippen LogP contribution in [0.4, 0.5) is 0 Å². The van der Waals surface area contributed by atoms with Gasteiger partial charge in [-0.15, -0.1) is 11.8 Å². The maximum absolute atomic E-state index is 11.8. The van der Waals surface area contributed by atoms with E-state index in [2.05, 4.69) is 0 Å². The minimum atomic E-state index is -0.853. The van der Waals surface area contributed by atoms with Crippen molar-refractivity contribution in [1.29, 1.82) is 0 Å². The molecule has 2 heterocycles. The molecule has 0 atom stereocenters. The Morgan fingerprint density at radius 1 is 1.46 bits per heavy atom. The van der Waals surface area contributed by atoms with Crippen LogP contribution in [0.3, 0.4) is 0 Å². The summed E-state index contributed by atoms with van der Waals surface area (Å²) >= 11 is 1.58. The molecule has 0 aromatic rings. The van der Waals surface area contributed by atoms with E-state index in [0.29, 0.717) is 0 Å². The van der Waals surface area contributed by atoms with E-state index in [0.717, 1.165) is 17.3 Å². The highest BCUT2D eigenvalue weighted by molar-refractivity contribution is 8.03. The fourth-order valence-corrected chi connectivity index (χ4v) is 2.49. The zero-order valence-electron chi connectivity index (χ0n) is 7.66. The minimum absolute atomic E-state index is 0.0556. The van der Waals surface area contributed by atoms with Gasteiger partial charge in [0.15, 0.2) is 5.78 Å². The van der Waals surface area contributed by atoms with Crippen LogP contribution in [0, 0.1) is 5.41 Å². The smallest absolute Gasteiger partial charge is 0.240 e. The Balaban J connectivity index is 2.45. The van der Waals surface area contributed by atoms with Gasteiger partial charge >= 0.3 is 0 Å². The fraction of sp³-hybridized carbons (Fsp3) is 0.556. The third-order valence-electron chi connectivity index (χ3n) is 2.48. The van der Waals surface area contributed by atoms with Gasteiger partial charge in [0.25, 0.3) is 0 Å². The molecule has 1 amide bonds. The number of rotatable bonds is 0. The lowest BCUT2D eigenvalue weighted by Gasteiger charge is -2.31. The van der Waals surface area contributed by atoms with Gasteiger partial charge in [-0.25, -0.2) is 0 Å². The van der Waals surface area contributed by atoms with Crippen LogP contribution in [0.2, 0.25) is 0 Å². The number of carbonyl (C=O) groups is 2. The number of nitrogens with zero attached hydrogens (tertiary/aromatic N) is 1. The summed E-state index contributed by atoms with van der Waals surface area (Å²) in [6.07, 6.45) is 1.60. The average Bonchev–Trinajstić information content (AvgIpc) is 2.49. The molecule has 1 fully saturated rings. The second-order valence-electron chi connectivity index (χ2n) is 3.78. The second kappa shape index (κ2) is 2.61. The highest BCUT2D eigenvalue weighted by Crippen LogP contribution is 2.37. The summed E-state index contributed by atoms with van der Waals surface area (Å²) in [4.78, 5) is 25.0. The van der Waals surface area contributed by atoms with Crippen molar-refractivity contribution in [3.8, 4) is 0 Å². The highest BCUT2D eigenvalue weighted by atomic mass is 32.2. The van der Waals surface area contributed by atoms with E-state index in [1.54, 1.807) is 36.6 Å². The second-order valence-corrected chi connectivity index (χ2v) is 4.89. The van der Waals surface area contributed by atoms with E-state index < -0.39 is 5.41 Å². The van der Waals surface area contributed by atoms with Gasteiger partial charge in [-0.3, -0.25) is 9.59 Å². The van der Waals surface area contributed by atoms with E-state index in [1.165, 1.54) is 0 Å².